The van der Waals surface area contributed by atoms with E-state index >= 15 is 0 Å². The van der Waals surface area contributed by atoms with Crippen molar-refractivity contribution in [1.29, 1.82) is 0 Å². The minimum absolute atomic E-state index is 0.119. The predicted octanol–water partition coefficient (Wildman–Crippen LogP) is 3.16. The monoisotopic (exact) mass is 422 g/mol. The van der Waals surface area contributed by atoms with Crippen LogP contribution in [0, 0.1) is 6.92 Å². The molecule has 0 radical (unpaired) electrons. The lowest BCUT2D eigenvalue weighted by molar-refractivity contribution is 0.174. The zero-order valence-electron chi connectivity index (χ0n) is 16.1. The highest BCUT2D eigenvalue weighted by atomic mass is 32.2. The van der Waals surface area contributed by atoms with Crippen molar-refractivity contribution in [1.82, 2.24) is 14.6 Å². The molecule has 0 N–H and O–H groups in total. The van der Waals surface area contributed by atoms with Gasteiger partial charge in [-0.25, -0.2) is 8.42 Å². The van der Waals surface area contributed by atoms with E-state index < -0.39 is 10.0 Å². The Balaban J connectivity index is 1.62. The van der Waals surface area contributed by atoms with E-state index in [2.05, 4.69) is 10.2 Å². The molecule has 2 aromatic carbocycles. The van der Waals surface area contributed by atoms with E-state index in [1.54, 1.807) is 28.7 Å². The van der Waals surface area contributed by atoms with Gasteiger partial charge in [0.2, 0.25) is 6.79 Å². The summed E-state index contributed by atoms with van der Waals surface area (Å²) in [5.74, 6) is 1.11. The first kappa shape index (κ1) is 18.4. The number of aryl methyl sites for hydroxylation is 1. The van der Waals surface area contributed by atoms with Gasteiger partial charge in [0.15, 0.2) is 17.1 Å². The summed E-state index contributed by atoms with van der Waals surface area (Å²) >= 11 is 0. The standard InChI is InChI=1S/C21H18N4O4S/c1-15-3-2-4-16(9-15)11-25(17-5-7-19-20(10-17)29-14-28-19)30(26,27)18-6-8-21-23-22-13-24(21)12-18/h2-10,12-13H,11,14H2,1H3. The number of hydrogen-bond donors (Lipinski definition) is 0. The van der Waals surface area contributed by atoms with Crippen LogP contribution in [-0.2, 0) is 16.6 Å². The van der Waals surface area contributed by atoms with Crippen molar-refractivity contribution in [3.8, 4) is 11.5 Å². The molecule has 1 aliphatic heterocycles. The Kier molecular flexibility index (Phi) is 4.32. The minimum atomic E-state index is -3.89. The number of nitrogens with zero attached hydrogens (tertiary/aromatic N) is 4. The summed E-state index contributed by atoms with van der Waals surface area (Å²) < 4.78 is 41.2. The van der Waals surface area contributed by atoms with Crippen LogP contribution in [0.15, 0.2) is 72.0 Å². The highest BCUT2D eigenvalue weighted by Crippen LogP contribution is 2.37. The Morgan fingerprint density at radius 2 is 1.93 bits per heavy atom. The van der Waals surface area contributed by atoms with E-state index in [4.69, 9.17) is 9.47 Å². The number of ether oxygens (including phenoxy) is 2. The van der Waals surface area contributed by atoms with Gasteiger partial charge >= 0.3 is 0 Å². The normalized spacial score (nSPS) is 13.0. The molecule has 4 aromatic rings. The molecule has 5 rings (SSSR count). The van der Waals surface area contributed by atoms with E-state index in [0.717, 1.165) is 11.1 Å². The summed E-state index contributed by atoms with van der Waals surface area (Å²) in [6.07, 6.45) is 2.99. The van der Waals surface area contributed by atoms with Gasteiger partial charge in [0.1, 0.15) is 11.2 Å². The summed E-state index contributed by atoms with van der Waals surface area (Å²) in [6.45, 7) is 2.26. The molecule has 0 aliphatic carbocycles. The second-order valence-corrected chi connectivity index (χ2v) is 8.86. The third kappa shape index (κ3) is 3.22. The van der Waals surface area contributed by atoms with Crippen molar-refractivity contribution < 1.29 is 17.9 Å². The number of rotatable bonds is 5. The number of pyridine rings is 1. The minimum Gasteiger partial charge on any atom is -0.454 e. The third-order valence-electron chi connectivity index (χ3n) is 4.90. The van der Waals surface area contributed by atoms with Crippen molar-refractivity contribution in [3.05, 3.63) is 78.2 Å². The fourth-order valence-electron chi connectivity index (χ4n) is 3.42. The topological polar surface area (TPSA) is 86.0 Å². The molecule has 152 valence electrons. The number of hydrogen-bond acceptors (Lipinski definition) is 6. The Labute approximate surface area is 173 Å². The summed E-state index contributed by atoms with van der Waals surface area (Å²) in [5, 5.41) is 7.75. The molecule has 0 spiro atoms. The Hall–Kier alpha value is -3.59. The lowest BCUT2D eigenvalue weighted by atomic mass is 10.1. The molecule has 9 heteroatoms. The van der Waals surface area contributed by atoms with E-state index in [9.17, 15) is 8.42 Å². The van der Waals surface area contributed by atoms with Crippen LogP contribution < -0.4 is 13.8 Å². The first-order valence-electron chi connectivity index (χ1n) is 9.28. The summed E-state index contributed by atoms with van der Waals surface area (Å²) in [5.41, 5.74) is 3.00. The molecule has 8 nitrogen and oxygen atoms in total. The molecule has 0 unspecified atom stereocenters. The lowest BCUT2D eigenvalue weighted by Gasteiger charge is -2.25. The van der Waals surface area contributed by atoms with Crippen LogP contribution in [0.2, 0.25) is 0 Å². The van der Waals surface area contributed by atoms with Crippen LogP contribution in [0.1, 0.15) is 11.1 Å². The molecule has 30 heavy (non-hydrogen) atoms. The van der Waals surface area contributed by atoms with Crippen LogP contribution >= 0.6 is 0 Å². The zero-order valence-corrected chi connectivity index (χ0v) is 16.9. The second-order valence-electron chi connectivity index (χ2n) is 7.00. The van der Waals surface area contributed by atoms with Crippen molar-refractivity contribution >= 4 is 21.4 Å². The average Bonchev–Trinajstić information content (AvgIpc) is 3.40. The molecule has 3 heterocycles. The van der Waals surface area contributed by atoms with Crippen molar-refractivity contribution in [2.24, 2.45) is 0 Å². The van der Waals surface area contributed by atoms with Crippen molar-refractivity contribution in [3.63, 3.8) is 0 Å². The van der Waals surface area contributed by atoms with Gasteiger partial charge in [0, 0.05) is 12.3 Å². The number of aromatic nitrogens is 3. The molecule has 0 atom stereocenters. The SMILES string of the molecule is Cc1cccc(CN(c2ccc3c(c2)OCO3)S(=O)(=O)c2ccc3nncn3c2)c1. The van der Waals surface area contributed by atoms with Gasteiger partial charge in [0.25, 0.3) is 10.0 Å². The van der Waals surface area contributed by atoms with E-state index in [0.29, 0.717) is 22.8 Å². The maximum absolute atomic E-state index is 13.7. The molecule has 0 saturated carbocycles. The number of fused-ring (bicyclic) bond motifs is 2. The number of benzene rings is 2. The smallest absolute Gasteiger partial charge is 0.266 e. The number of sulfonamides is 1. The van der Waals surface area contributed by atoms with E-state index in [1.165, 1.54) is 22.9 Å². The zero-order chi connectivity index (χ0) is 20.7. The van der Waals surface area contributed by atoms with Gasteiger partial charge in [-0.2, -0.15) is 0 Å². The summed E-state index contributed by atoms with van der Waals surface area (Å²) in [4.78, 5) is 0.139. The molecule has 0 fully saturated rings. The largest absolute Gasteiger partial charge is 0.454 e. The second kappa shape index (κ2) is 7.03. The highest BCUT2D eigenvalue weighted by Gasteiger charge is 2.28. The summed E-state index contributed by atoms with van der Waals surface area (Å²) in [6, 6.07) is 16.1. The maximum Gasteiger partial charge on any atom is 0.266 e. The Bertz CT molecular complexity index is 1350. The van der Waals surface area contributed by atoms with Crippen molar-refractivity contribution in [2.75, 3.05) is 11.1 Å². The van der Waals surface area contributed by atoms with Crippen LogP contribution in [0.3, 0.4) is 0 Å². The van der Waals surface area contributed by atoms with Gasteiger partial charge in [-0.1, -0.05) is 29.8 Å². The molecule has 0 amide bonds. The van der Waals surface area contributed by atoms with Crippen LogP contribution in [0.5, 0.6) is 11.5 Å². The lowest BCUT2D eigenvalue weighted by Crippen LogP contribution is -2.30. The van der Waals surface area contributed by atoms with Gasteiger partial charge in [-0.05, 0) is 36.8 Å². The van der Waals surface area contributed by atoms with Crippen LogP contribution in [-0.4, -0.2) is 29.8 Å². The van der Waals surface area contributed by atoms with Crippen LogP contribution in [0.25, 0.3) is 5.65 Å². The average molecular weight is 422 g/mol. The first-order chi connectivity index (χ1) is 14.5. The van der Waals surface area contributed by atoms with Gasteiger partial charge in [-0.3, -0.25) is 8.71 Å². The first-order valence-corrected chi connectivity index (χ1v) is 10.7. The van der Waals surface area contributed by atoms with Gasteiger partial charge in [-0.15, -0.1) is 10.2 Å². The quantitative estimate of drug-likeness (QED) is 0.491. The predicted molar refractivity (Wildman–Crippen MR) is 110 cm³/mol. The summed E-state index contributed by atoms with van der Waals surface area (Å²) in [7, 11) is -3.89. The fourth-order valence-corrected chi connectivity index (χ4v) is 4.87. The Morgan fingerprint density at radius 3 is 2.80 bits per heavy atom. The third-order valence-corrected chi connectivity index (χ3v) is 6.66. The molecular weight excluding hydrogens is 404 g/mol. The molecular formula is C21H18N4O4S. The van der Waals surface area contributed by atoms with Gasteiger partial charge in [0.05, 0.1) is 12.2 Å². The fraction of sp³-hybridized carbons (Fsp3) is 0.143. The highest BCUT2D eigenvalue weighted by molar-refractivity contribution is 7.92. The van der Waals surface area contributed by atoms with Gasteiger partial charge < -0.3 is 9.47 Å². The molecule has 0 bridgehead atoms. The molecule has 0 saturated heterocycles. The molecule has 2 aromatic heterocycles. The van der Waals surface area contributed by atoms with E-state index in [-0.39, 0.29) is 18.2 Å². The maximum atomic E-state index is 13.7. The van der Waals surface area contributed by atoms with Crippen molar-refractivity contribution in [2.45, 2.75) is 18.4 Å². The molecule has 1 aliphatic rings. The van der Waals surface area contributed by atoms with Crippen LogP contribution in [0.4, 0.5) is 5.69 Å². The number of anilines is 1. The van der Waals surface area contributed by atoms with E-state index in [1.807, 2.05) is 31.2 Å². The Morgan fingerprint density at radius 1 is 1.07 bits per heavy atom.